The molecule has 1 saturated heterocycles. The minimum absolute atomic E-state index is 0.329. The molecule has 0 radical (unpaired) electrons. The Bertz CT molecular complexity index is 346. The number of aliphatic hydroxyl groups is 1. The van der Waals surface area contributed by atoms with Gasteiger partial charge in [-0.15, -0.1) is 0 Å². The Morgan fingerprint density at radius 1 is 1.18 bits per heavy atom. The van der Waals surface area contributed by atoms with E-state index in [2.05, 4.69) is 49.1 Å². The van der Waals surface area contributed by atoms with Crippen molar-refractivity contribution in [2.75, 3.05) is 13.1 Å². The maximum absolute atomic E-state index is 10.4. The van der Waals surface area contributed by atoms with E-state index in [0.717, 1.165) is 19.6 Å². The van der Waals surface area contributed by atoms with Crippen molar-refractivity contribution < 1.29 is 5.11 Å². The second-order valence-corrected chi connectivity index (χ2v) is 5.71. The highest BCUT2D eigenvalue weighted by Crippen LogP contribution is 2.32. The van der Waals surface area contributed by atoms with E-state index in [-0.39, 0.29) is 0 Å². The van der Waals surface area contributed by atoms with Gasteiger partial charge in [0.2, 0.25) is 0 Å². The fourth-order valence-corrected chi connectivity index (χ4v) is 2.68. The summed E-state index contributed by atoms with van der Waals surface area (Å²) in [7, 11) is 0. The van der Waals surface area contributed by atoms with Crippen molar-refractivity contribution in [2.45, 2.75) is 32.9 Å². The molecule has 0 saturated carbocycles. The van der Waals surface area contributed by atoms with Crippen LogP contribution in [0.15, 0.2) is 30.3 Å². The zero-order valence-electron chi connectivity index (χ0n) is 11.1. The zero-order chi connectivity index (χ0) is 12.5. The SMILES string of the molecule is CC1CN(Cc2ccccc2)CC(C)C1(C)O. The maximum Gasteiger partial charge on any atom is 0.0694 e. The first-order valence-electron chi connectivity index (χ1n) is 6.49. The molecule has 0 aromatic heterocycles. The Morgan fingerprint density at radius 2 is 1.71 bits per heavy atom. The van der Waals surface area contributed by atoms with Crippen LogP contribution in [-0.4, -0.2) is 28.7 Å². The molecule has 0 spiro atoms. The number of hydrogen-bond donors (Lipinski definition) is 1. The number of benzene rings is 1. The number of piperidine rings is 1. The van der Waals surface area contributed by atoms with Crippen LogP contribution >= 0.6 is 0 Å². The summed E-state index contributed by atoms with van der Waals surface area (Å²) in [6.45, 7) is 9.22. The van der Waals surface area contributed by atoms with Crippen LogP contribution in [0.4, 0.5) is 0 Å². The average Bonchev–Trinajstić information content (AvgIpc) is 2.28. The lowest BCUT2D eigenvalue weighted by molar-refractivity contribution is -0.0933. The van der Waals surface area contributed by atoms with E-state index in [1.165, 1.54) is 5.56 Å². The molecule has 1 heterocycles. The molecule has 17 heavy (non-hydrogen) atoms. The summed E-state index contributed by atoms with van der Waals surface area (Å²) in [6.07, 6.45) is 0. The topological polar surface area (TPSA) is 23.5 Å². The normalized spacial score (nSPS) is 34.8. The van der Waals surface area contributed by atoms with E-state index in [1.54, 1.807) is 0 Å². The molecule has 1 aliphatic rings. The molecule has 2 atom stereocenters. The monoisotopic (exact) mass is 233 g/mol. The van der Waals surface area contributed by atoms with Crippen molar-refractivity contribution in [3.63, 3.8) is 0 Å². The Morgan fingerprint density at radius 3 is 2.24 bits per heavy atom. The molecule has 2 unspecified atom stereocenters. The fourth-order valence-electron chi connectivity index (χ4n) is 2.68. The van der Waals surface area contributed by atoms with Crippen molar-refractivity contribution in [1.82, 2.24) is 4.90 Å². The van der Waals surface area contributed by atoms with Gasteiger partial charge in [0.1, 0.15) is 0 Å². The van der Waals surface area contributed by atoms with Crippen molar-refractivity contribution in [2.24, 2.45) is 11.8 Å². The van der Waals surface area contributed by atoms with Gasteiger partial charge in [-0.1, -0.05) is 44.2 Å². The van der Waals surface area contributed by atoms with Gasteiger partial charge in [-0.2, -0.15) is 0 Å². The van der Waals surface area contributed by atoms with Gasteiger partial charge in [0.15, 0.2) is 0 Å². The highest BCUT2D eigenvalue weighted by molar-refractivity contribution is 5.14. The molecule has 2 rings (SSSR count). The van der Waals surface area contributed by atoms with E-state index in [9.17, 15) is 5.11 Å². The minimum Gasteiger partial charge on any atom is -0.390 e. The van der Waals surface area contributed by atoms with Crippen molar-refractivity contribution in [3.05, 3.63) is 35.9 Å². The molecule has 0 aliphatic carbocycles. The highest BCUT2D eigenvalue weighted by atomic mass is 16.3. The highest BCUT2D eigenvalue weighted by Gasteiger charge is 2.40. The zero-order valence-corrected chi connectivity index (χ0v) is 11.1. The molecular weight excluding hydrogens is 210 g/mol. The van der Waals surface area contributed by atoms with Crippen molar-refractivity contribution >= 4 is 0 Å². The van der Waals surface area contributed by atoms with Gasteiger partial charge in [-0.3, -0.25) is 4.90 Å². The third kappa shape index (κ3) is 2.70. The van der Waals surface area contributed by atoms with Crippen LogP contribution in [0.5, 0.6) is 0 Å². The van der Waals surface area contributed by atoms with E-state index in [0.29, 0.717) is 11.8 Å². The van der Waals surface area contributed by atoms with E-state index < -0.39 is 5.60 Å². The van der Waals surface area contributed by atoms with Gasteiger partial charge in [0.25, 0.3) is 0 Å². The third-order valence-electron chi connectivity index (χ3n) is 4.31. The molecule has 2 heteroatoms. The smallest absolute Gasteiger partial charge is 0.0694 e. The molecule has 94 valence electrons. The molecular formula is C15H23NO. The summed E-state index contributed by atoms with van der Waals surface area (Å²) in [5, 5.41) is 10.4. The predicted octanol–water partition coefficient (Wildman–Crippen LogP) is 2.53. The third-order valence-corrected chi connectivity index (χ3v) is 4.31. The first kappa shape index (κ1) is 12.6. The second kappa shape index (κ2) is 4.79. The number of hydrogen-bond acceptors (Lipinski definition) is 2. The number of rotatable bonds is 2. The maximum atomic E-state index is 10.4. The van der Waals surface area contributed by atoms with Crippen LogP contribution < -0.4 is 0 Å². The molecule has 1 aromatic carbocycles. The van der Waals surface area contributed by atoms with Gasteiger partial charge in [-0.25, -0.2) is 0 Å². The molecule has 1 fully saturated rings. The van der Waals surface area contributed by atoms with Crippen LogP contribution in [0.25, 0.3) is 0 Å². The van der Waals surface area contributed by atoms with Gasteiger partial charge in [-0.05, 0) is 24.3 Å². The Labute approximate surface area is 104 Å². The number of nitrogens with zero attached hydrogens (tertiary/aromatic N) is 1. The molecule has 1 N–H and O–H groups in total. The van der Waals surface area contributed by atoms with Crippen LogP contribution in [-0.2, 0) is 6.54 Å². The lowest BCUT2D eigenvalue weighted by atomic mass is 9.76. The lowest BCUT2D eigenvalue weighted by Gasteiger charge is -2.45. The molecule has 1 aromatic rings. The molecule has 2 nitrogen and oxygen atoms in total. The van der Waals surface area contributed by atoms with Crippen LogP contribution in [0, 0.1) is 11.8 Å². The average molecular weight is 233 g/mol. The summed E-state index contributed by atoms with van der Waals surface area (Å²) in [5.41, 5.74) is 0.834. The lowest BCUT2D eigenvalue weighted by Crippen LogP contribution is -2.54. The van der Waals surface area contributed by atoms with Gasteiger partial charge < -0.3 is 5.11 Å². The van der Waals surface area contributed by atoms with Crippen LogP contribution in [0.2, 0.25) is 0 Å². The van der Waals surface area contributed by atoms with Crippen LogP contribution in [0.1, 0.15) is 26.3 Å². The summed E-state index contributed by atoms with van der Waals surface area (Å²) in [6, 6.07) is 10.6. The summed E-state index contributed by atoms with van der Waals surface area (Å²) >= 11 is 0. The summed E-state index contributed by atoms with van der Waals surface area (Å²) in [5.74, 6) is 0.657. The summed E-state index contributed by atoms with van der Waals surface area (Å²) < 4.78 is 0. The predicted molar refractivity (Wildman–Crippen MR) is 70.7 cm³/mol. The first-order valence-corrected chi connectivity index (χ1v) is 6.49. The van der Waals surface area contributed by atoms with Crippen molar-refractivity contribution in [1.29, 1.82) is 0 Å². The van der Waals surface area contributed by atoms with Crippen molar-refractivity contribution in [3.8, 4) is 0 Å². The molecule has 0 bridgehead atoms. The Hall–Kier alpha value is -0.860. The Kier molecular flexibility index (Phi) is 3.55. The number of likely N-dealkylation sites (tertiary alicyclic amines) is 1. The minimum atomic E-state index is -0.521. The van der Waals surface area contributed by atoms with Gasteiger partial charge in [0.05, 0.1) is 5.60 Å². The largest absolute Gasteiger partial charge is 0.390 e. The quantitative estimate of drug-likeness (QED) is 0.848. The molecule has 1 aliphatic heterocycles. The van der Waals surface area contributed by atoms with Gasteiger partial charge >= 0.3 is 0 Å². The summed E-state index contributed by atoms with van der Waals surface area (Å²) in [4.78, 5) is 2.45. The standard InChI is InChI=1S/C15H23NO/c1-12-9-16(10-13(2)15(12,3)17)11-14-7-5-4-6-8-14/h4-8,12-13,17H,9-11H2,1-3H3. The van der Waals surface area contributed by atoms with E-state index >= 15 is 0 Å². The van der Waals surface area contributed by atoms with E-state index in [1.807, 2.05) is 6.92 Å². The van der Waals surface area contributed by atoms with E-state index in [4.69, 9.17) is 0 Å². The second-order valence-electron chi connectivity index (χ2n) is 5.71. The first-order chi connectivity index (χ1) is 8.00. The van der Waals surface area contributed by atoms with Crippen LogP contribution in [0.3, 0.4) is 0 Å². The Balaban J connectivity index is 2.01. The van der Waals surface area contributed by atoms with Gasteiger partial charge in [0, 0.05) is 19.6 Å². The fraction of sp³-hybridized carbons (Fsp3) is 0.600. The molecule has 0 amide bonds.